The third kappa shape index (κ3) is 6.00. The second-order valence-corrected chi connectivity index (χ2v) is 7.03. The van der Waals surface area contributed by atoms with Gasteiger partial charge in [-0.05, 0) is 58.8 Å². The van der Waals surface area contributed by atoms with Crippen molar-refractivity contribution in [3.05, 3.63) is 11.6 Å². The zero-order chi connectivity index (χ0) is 17.3. The quantitative estimate of drug-likeness (QED) is 0.520. The number of nitrogens with one attached hydrogen (secondary N) is 1. The molecule has 0 bridgehead atoms. The van der Waals surface area contributed by atoms with Gasteiger partial charge in [-0.2, -0.15) is 0 Å². The summed E-state index contributed by atoms with van der Waals surface area (Å²) in [6.45, 7) is 9.66. The van der Waals surface area contributed by atoms with Crippen LogP contribution in [0, 0.1) is 5.41 Å². The minimum atomic E-state index is -0.995. The van der Waals surface area contributed by atoms with Crippen molar-refractivity contribution in [3.8, 4) is 0 Å². The molecule has 1 N–H and O–H groups in total. The van der Waals surface area contributed by atoms with Crippen LogP contribution < -0.4 is 5.32 Å². The monoisotopic (exact) mass is 322 g/mol. The molecule has 4 nitrogen and oxygen atoms in total. The molecular weight excluding hydrogens is 288 g/mol. The minimum Gasteiger partial charge on any atom is -0.355 e. The minimum absolute atomic E-state index is 0.0596. The first kappa shape index (κ1) is 19.7. The van der Waals surface area contributed by atoms with E-state index in [9.17, 15) is 9.59 Å². The lowest BCUT2D eigenvalue weighted by molar-refractivity contribution is -0.148. The predicted molar refractivity (Wildman–Crippen MR) is 95.1 cm³/mol. The highest BCUT2D eigenvalue weighted by Crippen LogP contribution is 2.22. The van der Waals surface area contributed by atoms with Gasteiger partial charge in [0.2, 0.25) is 11.8 Å². The normalized spacial score (nSPS) is 15.0. The molecule has 2 amide bonds. The molecule has 0 aromatic heterocycles. The first-order chi connectivity index (χ1) is 10.9. The van der Waals surface area contributed by atoms with Gasteiger partial charge in [-0.1, -0.05) is 25.5 Å². The number of carbonyl (C=O) groups excluding carboxylic acids is 2. The fourth-order valence-electron chi connectivity index (χ4n) is 3.04. The van der Waals surface area contributed by atoms with Crippen molar-refractivity contribution in [1.29, 1.82) is 0 Å². The molecule has 0 aromatic rings. The lowest BCUT2D eigenvalue weighted by atomic mass is 9.89. The maximum atomic E-state index is 12.7. The van der Waals surface area contributed by atoms with Gasteiger partial charge >= 0.3 is 0 Å². The standard InChI is InChI=1S/C19H34N2O2/c1-5-14-21(15-6-2)18(23)19(3,4)17(22)20-13-12-16-10-8-7-9-11-16/h10H,5-9,11-15H2,1-4H3,(H,20,22). The summed E-state index contributed by atoms with van der Waals surface area (Å²) < 4.78 is 0. The molecule has 132 valence electrons. The Morgan fingerprint density at radius 1 is 1.17 bits per heavy atom. The molecule has 0 radical (unpaired) electrons. The van der Waals surface area contributed by atoms with Crippen molar-refractivity contribution in [1.82, 2.24) is 10.2 Å². The van der Waals surface area contributed by atoms with Gasteiger partial charge < -0.3 is 10.2 Å². The highest BCUT2D eigenvalue weighted by atomic mass is 16.2. The van der Waals surface area contributed by atoms with Crippen LogP contribution in [0.2, 0.25) is 0 Å². The Balaban J connectivity index is 2.53. The molecule has 4 heteroatoms. The summed E-state index contributed by atoms with van der Waals surface area (Å²) in [5, 5.41) is 2.96. The fraction of sp³-hybridized carbons (Fsp3) is 0.789. The number of hydrogen-bond donors (Lipinski definition) is 1. The second kappa shape index (κ2) is 9.74. The SMILES string of the molecule is CCCN(CCC)C(=O)C(C)(C)C(=O)NCCC1=CCCCC1. The Labute approximate surface area is 141 Å². The first-order valence-corrected chi connectivity index (χ1v) is 9.19. The number of hydrogen-bond acceptors (Lipinski definition) is 2. The van der Waals surface area contributed by atoms with Crippen LogP contribution in [-0.2, 0) is 9.59 Å². The van der Waals surface area contributed by atoms with E-state index in [2.05, 4.69) is 25.2 Å². The molecule has 0 saturated carbocycles. The Morgan fingerprint density at radius 2 is 1.83 bits per heavy atom. The third-order valence-electron chi connectivity index (χ3n) is 4.49. The molecule has 0 aromatic carbocycles. The maximum absolute atomic E-state index is 12.7. The number of allylic oxidation sites excluding steroid dienone is 1. The van der Waals surface area contributed by atoms with Crippen LogP contribution in [0.4, 0.5) is 0 Å². The predicted octanol–water partition coefficient (Wildman–Crippen LogP) is 3.67. The largest absolute Gasteiger partial charge is 0.355 e. The molecule has 0 atom stereocenters. The molecule has 0 aliphatic heterocycles. The van der Waals surface area contributed by atoms with Crippen LogP contribution >= 0.6 is 0 Å². The van der Waals surface area contributed by atoms with Gasteiger partial charge in [0.15, 0.2) is 0 Å². The van der Waals surface area contributed by atoms with E-state index in [1.807, 2.05) is 4.90 Å². The van der Waals surface area contributed by atoms with Crippen LogP contribution in [0.25, 0.3) is 0 Å². The molecule has 0 unspecified atom stereocenters. The molecule has 0 heterocycles. The summed E-state index contributed by atoms with van der Waals surface area (Å²) in [6.07, 6.45) is 9.89. The summed E-state index contributed by atoms with van der Waals surface area (Å²) in [5.74, 6) is -0.216. The maximum Gasteiger partial charge on any atom is 0.237 e. The highest BCUT2D eigenvalue weighted by Gasteiger charge is 2.38. The lowest BCUT2D eigenvalue weighted by Crippen LogP contribution is -2.50. The van der Waals surface area contributed by atoms with Crippen molar-refractivity contribution < 1.29 is 9.59 Å². The van der Waals surface area contributed by atoms with E-state index in [0.717, 1.165) is 45.2 Å². The van der Waals surface area contributed by atoms with Gasteiger partial charge in [-0.3, -0.25) is 9.59 Å². The van der Waals surface area contributed by atoms with Crippen molar-refractivity contribution in [2.45, 2.75) is 72.6 Å². The van der Waals surface area contributed by atoms with E-state index in [1.54, 1.807) is 13.8 Å². The molecule has 0 fully saturated rings. The second-order valence-electron chi connectivity index (χ2n) is 7.03. The third-order valence-corrected chi connectivity index (χ3v) is 4.49. The van der Waals surface area contributed by atoms with E-state index >= 15 is 0 Å². The Bertz CT molecular complexity index is 421. The first-order valence-electron chi connectivity index (χ1n) is 9.19. The van der Waals surface area contributed by atoms with Crippen molar-refractivity contribution in [2.75, 3.05) is 19.6 Å². The van der Waals surface area contributed by atoms with Gasteiger partial charge in [0.1, 0.15) is 5.41 Å². The van der Waals surface area contributed by atoms with Crippen molar-refractivity contribution in [3.63, 3.8) is 0 Å². The summed E-state index contributed by atoms with van der Waals surface area (Å²) >= 11 is 0. The Hall–Kier alpha value is -1.32. The molecule has 0 spiro atoms. The Kier molecular flexibility index (Phi) is 8.35. The van der Waals surface area contributed by atoms with E-state index < -0.39 is 5.41 Å². The van der Waals surface area contributed by atoms with Gasteiger partial charge in [-0.25, -0.2) is 0 Å². The Morgan fingerprint density at radius 3 is 2.35 bits per heavy atom. The average molecular weight is 322 g/mol. The molecule has 23 heavy (non-hydrogen) atoms. The fourth-order valence-corrected chi connectivity index (χ4v) is 3.04. The van der Waals surface area contributed by atoms with E-state index in [1.165, 1.54) is 18.4 Å². The molecular formula is C19H34N2O2. The van der Waals surface area contributed by atoms with E-state index in [4.69, 9.17) is 0 Å². The molecule has 1 aliphatic rings. The summed E-state index contributed by atoms with van der Waals surface area (Å²) in [7, 11) is 0. The average Bonchev–Trinajstić information content (AvgIpc) is 2.54. The van der Waals surface area contributed by atoms with Crippen molar-refractivity contribution in [2.24, 2.45) is 5.41 Å². The number of rotatable bonds is 9. The van der Waals surface area contributed by atoms with Crippen LogP contribution in [0.3, 0.4) is 0 Å². The van der Waals surface area contributed by atoms with Gasteiger partial charge in [0, 0.05) is 19.6 Å². The molecule has 1 rings (SSSR count). The molecule has 1 aliphatic carbocycles. The lowest BCUT2D eigenvalue weighted by Gasteiger charge is -2.31. The highest BCUT2D eigenvalue weighted by molar-refractivity contribution is 6.04. The number of nitrogens with zero attached hydrogens (tertiary/aromatic N) is 1. The van der Waals surface area contributed by atoms with Gasteiger partial charge in [0.25, 0.3) is 0 Å². The summed E-state index contributed by atoms with van der Waals surface area (Å²) in [5.41, 5.74) is 0.449. The van der Waals surface area contributed by atoms with Gasteiger partial charge in [0.05, 0.1) is 0 Å². The van der Waals surface area contributed by atoms with Crippen molar-refractivity contribution >= 4 is 11.8 Å². The van der Waals surface area contributed by atoms with Gasteiger partial charge in [-0.15, -0.1) is 0 Å². The summed E-state index contributed by atoms with van der Waals surface area (Å²) in [6, 6.07) is 0. The zero-order valence-corrected chi connectivity index (χ0v) is 15.4. The van der Waals surface area contributed by atoms with Crippen LogP contribution in [0.1, 0.15) is 72.6 Å². The summed E-state index contributed by atoms with van der Waals surface area (Å²) in [4.78, 5) is 27.0. The van der Waals surface area contributed by atoms with E-state index in [-0.39, 0.29) is 11.8 Å². The number of carbonyl (C=O) groups is 2. The van der Waals surface area contributed by atoms with E-state index in [0.29, 0.717) is 6.54 Å². The van der Waals surface area contributed by atoms with Crippen LogP contribution in [-0.4, -0.2) is 36.3 Å². The number of amides is 2. The smallest absolute Gasteiger partial charge is 0.237 e. The molecule has 0 saturated heterocycles. The zero-order valence-electron chi connectivity index (χ0n) is 15.4. The van der Waals surface area contributed by atoms with Crippen LogP contribution in [0.15, 0.2) is 11.6 Å². The topological polar surface area (TPSA) is 49.4 Å². The van der Waals surface area contributed by atoms with Crippen LogP contribution in [0.5, 0.6) is 0 Å².